The molecule has 1 aromatic heterocycles. The number of benzene rings is 1. The van der Waals surface area contributed by atoms with E-state index in [4.69, 9.17) is 11.5 Å². The SMILES string of the molecule is CC(=O)Nc1nc(CCc2ccc(N=C(N)N)cc2)c(C(=O)NCCCCC(=O)N(C)C)s1. The van der Waals surface area contributed by atoms with Crippen LogP contribution in [0.3, 0.4) is 0 Å². The van der Waals surface area contributed by atoms with Gasteiger partial charge in [0, 0.05) is 34.0 Å². The topological polar surface area (TPSA) is 156 Å². The molecule has 33 heavy (non-hydrogen) atoms. The number of amides is 3. The number of aryl methyl sites for hydroxylation is 2. The summed E-state index contributed by atoms with van der Waals surface area (Å²) >= 11 is 1.15. The van der Waals surface area contributed by atoms with Crippen LogP contribution >= 0.6 is 11.3 Å². The van der Waals surface area contributed by atoms with E-state index in [2.05, 4.69) is 20.6 Å². The molecule has 0 atom stereocenters. The minimum Gasteiger partial charge on any atom is -0.370 e. The van der Waals surface area contributed by atoms with E-state index in [1.807, 2.05) is 24.3 Å². The molecule has 0 aliphatic carbocycles. The second kappa shape index (κ2) is 12.5. The number of hydrogen-bond acceptors (Lipinski definition) is 6. The fourth-order valence-electron chi connectivity index (χ4n) is 2.96. The number of aromatic nitrogens is 1. The highest BCUT2D eigenvalue weighted by molar-refractivity contribution is 7.17. The maximum atomic E-state index is 12.8. The van der Waals surface area contributed by atoms with Gasteiger partial charge >= 0.3 is 0 Å². The van der Waals surface area contributed by atoms with Gasteiger partial charge in [0.15, 0.2) is 11.1 Å². The highest BCUT2D eigenvalue weighted by Gasteiger charge is 2.18. The molecule has 0 radical (unpaired) electrons. The van der Waals surface area contributed by atoms with Crippen molar-refractivity contribution in [2.45, 2.75) is 39.0 Å². The van der Waals surface area contributed by atoms with Crippen molar-refractivity contribution >= 4 is 45.8 Å². The normalized spacial score (nSPS) is 10.4. The number of nitrogens with one attached hydrogen (secondary N) is 2. The van der Waals surface area contributed by atoms with Gasteiger partial charge in [-0.3, -0.25) is 14.4 Å². The number of nitrogens with two attached hydrogens (primary N) is 2. The largest absolute Gasteiger partial charge is 0.370 e. The van der Waals surface area contributed by atoms with Gasteiger partial charge in [0.05, 0.1) is 11.4 Å². The first-order valence-corrected chi connectivity index (χ1v) is 11.4. The molecule has 0 spiro atoms. The minimum absolute atomic E-state index is 0.00400. The molecular formula is C22H31N7O3S. The van der Waals surface area contributed by atoms with Crippen LogP contribution in [-0.4, -0.2) is 54.2 Å². The molecule has 3 amide bonds. The van der Waals surface area contributed by atoms with Crippen LogP contribution < -0.4 is 22.1 Å². The molecule has 1 aromatic carbocycles. The third kappa shape index (κ3) is 8.89. The first-order chi connectivity index (χ1) is 15.7. The van der Waals surface area contributed by atoms with Crippen molar-refractivity contribution in [1.29, 1.82) is 0 Å². The van der Waals surface area contributed by atoms with E-state index >= 15 is 0 Å². The monoisotopic (exact) mass is 473 g/mol. The van der Waals surface area contributed by atoms with Crippen molar-refractivity contribution in [3.63, 3.8) is 0 Å². The smallest absolute Gasteiger partial charge is 0.263 e. The van der Waals surface area contributed by atoms with Crippen LogP contribution in [0.1, 0.15) is 47.1 Å². The highest BCUT2D eigenvalue weighted by Crippen LogP contribution is 2.25. The summed E-state index contributed by atoms with van der Waals surface area (Å²) < 4.78 is 0. The van der Waals surface area contributed by atoms with Gasteiger partial charge in [-0.25, -0.2) is 9.98 Å². The average Bonchev–Trinajstić information content (AvgIpc) is 3.14. The molecule has 0 bridgehead atoms. The second-order valence-corrected chi connectivity index (χ2v) is 8.68. The highest BCUT2D eigenvalue weighted by atomic mass is 32.1. The molecular weight excluding hydrogens is 442 g/mol. The van der Waals surface area contributed by atoms with Crippen molar-refractivity contribution < 1.29 is 14.4 Å². The summed E-state index contributed by atoms with van der Waals surface area (Å²) in [5, 5.41) is 5.93. The molecule has 0 saturated heterocycles. The fraction of sp³-hybridized carbons (Fsp3) is 0.409. The molecule has 11 heteroatoms. The Morgan fingerprint density at radius 1 is 1.09 bits per heavy atom. The molecule has 10 nitrogen and oxygen atoms in total. The lowest BCUT2D eigenvalue weighted by molar-refractivity contribution is -0.128. The lowest BCUT2D eigenvalue weighted by Crippen LogP contribution is -2.25. The van der Waals surface area contributed by atoms with Gasteiger partial charge in [0.1, 0.15) is 4.88 Å². The molecule has 178 valence electrons. The average molecular weight is 474 g/mol. The van der Waals surface area contributed by atoms with E-state index in [1.165, 1.54) is 6.92 Å². The summed E-state index contributed by atoms with van der Waals surface area (Å²) in [6.45, 7) is 1.85. The molecule has 0 fully saturated rings. The summed E-state index contributed by atoms with van der Waals surface area (Å²) in [7, 11) is 3.45. The number of hydrogen-bond donors (Lipinski definition) is 4. The first kappa shape index (κ1) is 25.8. The van der Waals surface area contributed by atoms with E-state index in [1.54, 1.807) is 19.0 Å². The zero-order chi connectivity index (χ0) is 24.4. The van der Waals surface area contributed by atoms with E-state index in [-0.39, 0.29) is 23.7 Å². The number of carbonyl (C=O) groups excluding carboxylic acids is 3. The Kier molecular flexibility index (Phi) is 9.80. The summed E-state index contributed by atoms with van der Waals surface area (Å²) in [4.78, 5) is 46.3. The van der Waals surface area contributed by atoms with Gasteiger partial charge < -0.3 is 27.0 Å². The number of nitrogens with zero attached hydrogens (tertiary/aromatic N) is 3. The molecule has 6 N–H and O–H groups in total. The van der Waals surface area contributed by atoms with Gasteiger partial charge in [-0.2, -0.15) is 0 Å². The Balaban J connectivity index is 1.99. The van der Waals surface area contributed by atoms with Gasteiger partial charge in [-0.05, 0) is 43.4 Å². The number of guanidine groups is 1. The molecule has 0 aliphatic rings. The van der Waals surface area contributed by atoms with Gasteiger partial charge in [-0.1, -0.05) is 23.5 Å². The van der Waals surface area contributed by atoms with Crippen molar-refractivity contribution in [2.75, 3.05) is 26.0 Å². The van der Waals surface area contributed by atoms with Crippen molar-refractivity contribution in [2.24, 2.45) is 16.5 Å². The van der Waals surface area contributed by atoms with Crippen LogP contribution in [0.25, 0.3) is 0 Å². The number of thiazole rings is 1. The predicted molar refractivity (Wildman–Crippen MR) is 131 cm³/mol. The van der Waals surface area contributed by atoms with Gasteiger partial charge in [0.25, 0.3) is 5.91 Å². The number of anilines is 1. The maximum absolute atomic E-state index is 12.8. The Morgan fingerprint density at radius 2 is 1.79 bits per heavy atom. The summed E-state index contributed by atoms with van der Waals surface area (Å²) in [5.74, 6) is -0.419. The standard InChI is InChI=1S/C22H31N7O3S/c1-14(30)26-22-28-17(12-9-15-7-10-16(11-8-15)27-21(23)24)19(33-22)20(32)25-13-5-4-6-18(31)29(2)3/h7-8,10-11H,4-6,9,12-13H2,1-3H3,(H,25,32)(H4,23,24,27)(H,26,28,30). The third-order valence-corrected chi connectivity index (χ3v) is 5.65. The van der Waals surface area contributed by atoms with E-state index in [9.17, 15) is 14.4 Å². The molecule has 1 heterocycles. The minimum atomic E-state index is -0.247. The van der Waals surface area contributed by atoms with Crippen LogP contribution in [-0.2, 0) is 22.4 Å². The van der Waals surface area contributed by atoms with E-state index < -0.39 is 0 Å². The molecule has 2 aromatic rings. The maximum Gasteiger partial charge on any atom is 0.263 e. The molecule has 0 unspecified atom stereocenters. The number of carbonyl (C=O) groups is 3. The third-order valence-electron chi connectivity index (χ3n) is 4.63. The number of unbranched alkanes of at least 4 members (excludes halogenated alkanes) is 1. The van der Waals surface area contributed by atoms with Crippen molar-refractivity contribution in [3.05, 3.63) is 40.4 Å². The Labute approximate surface area is 197 Å². The van der Waals surface area contributed by atoms with E-state index in [0.717, 1.165) is 16.9 Å². The zero-order valence-electron chi connectivity index (χ0n) is 19.2. The number of rotatable bonds is 11. The quantitative estimate of drug-likeness (QED) is 0.221. The number of aliphatic imine (C=N–C) groups is 1. The summed E-state index contributed by atoms with van der Waals surface area (Å²) in [5.41, 5.74) is 13.1. The van der Waals surface area contributed by atoms with Crippen LogP contribution in [0, 0.1) is 0 Å². The summed E-state index contributed by atoms with van der Waals surface area (Å²) in [6.07, 6.45) is 3.01. The van der Waals surface area contributed by atoms with Crippen molar-refractivity contribution in [1.82, 2.24) is 15.2 Å². The molecule has 0 saturated carbocycles. The Hall–Kier alpha value is -3.47. The van der Waals surface area contributed by atoms with Crippen LogP contribution in [0.5, 0.6) is 0 Å². The predicted octanol–water partition coefficient (Wildman–Crippen LogP) is 1.78. The van der Waals surface area contributed by atoms with Crippen LogP contribution in [0.2, 0.25) is 0 Å². The second-order valence-electron chi connectivity index (χ2n) is 7.68. The Morgan fingerprint density at radius 3 is 2.39 bits per heavy atom. The molecule has 0 aliphatic heterocycles. The fourth-order valence-corrected chi connectivity index (χ4v) is 3.93. The lowest BCUT2D eigenvalue weighted by Gasteiger charge is -2.10. The molecule has 2 rings (SSSR count). The van der Waals surface area contributed by atoms with Crippen LogP contribution in [0.15, 0.2) is 29.3 Å². The van der Waals surface area contributed by atoms with E-state index in [0.29, 0.717) is 60.0 Å². The van der Waals surface area contributed by atoms with Crippen LogP contribution in [0.4, 0.5) is 10.8 Å². The van der Waals surface area contributed by atoms with Crippen molar-refractivity contribution in [3.8, 4) is 0 Å². The first-order valence-electron chi connectivity index (χ1n) is 10.6. The van der Waals surface area contributed by atoms with Gasteiger partial charge in [0.2, 0.25) is 11.8 Å². The summed E-state index contributed by atoms with van der Waals surface area (Å²) in [6, 6.07) is 7.45. The van der Waals surface area contributed by atoms with Gasteiger partial charge in [-0.15, -0.1) is 0 Å². The zero-order valence-corrected chi connectivity index (χ0v) is 20.0. The lowest BCUT2D eigenvalue weighted by atomic mass is 10.1. The Bertz CT molecular complexity index is 996.